The van der Waals surface area contributed by atoms with Gasteiger partial charge in [-0.05, 0) is 37.6 Å². The highest BCUT2D eigenvalue weighted by atomic mass is 16.1. The second-order valence-electron chi connectivity index (χ2n) is 4.20. The summed E-state index contributed by atoms with van der Waals surface area (Å²) in [6.45, 7) is 3.94. The standard InChI is InChI=1S/C14H16N2O/c1-10-9-11(2)16(3)13(10)14(17)15-12-7-5-4-6-8-12/h4-9H,1-3H3,(H,15,17). The van der Waals surface area contributed by atoms with Crippen molar-refractivity contribution in [2.24, 2.45) is 7.05 Å². The Morgan fingerprint density at radius 2 is 1.82 bits per heavy atom. The van der Waals surface area contributed by atoms with Gasteiger partial charge in [0.15, 0.2) is 0 Å². The molecule has 1 aromatic carbocycles. The normalized spacial score (nSPS) is 10.3. The topological polar surface area (TPSA) is 34.0 Å². The maximum Gasteiger partial charge on any atom is 0.272 e. The number of hydrogen-bond acceptors (Lipinski definition) is 1. The molecule has 0 saturated heterocycles. The fourth-order valence-electron chi connectivity index (χ4n) is 1.96. The minimum absolute atomic E-state index is 0.0655. The van der Waals surface area contributed by atoms with Gasteiger partial charge in [-0.3, -0.25) is 4.79 Å². The third-order valence-corrected chi connectivity index (χ3v) is 2.91. The molecule has 2 rings (SSSR count). The van der Waals surface area contributed by atoms with Gasteiger partial charge in [0.2, 0.25) is 0 Å². The molecule has 0 atom stereocenters. The quantitative estimate of drug-likeness (QED) is 0.842. The lowest BCUT2D eigenvalue weighted by Crippen LogP contribution is -2.17. The zero-order valence-corrected chi connectivity index (χ0v) is 10.3. The first-order valence-electron chi connectivity index (χ1n) is 5.59. The summed E-state index contributed by atoms with van der Waals surface area (Å²) in [6.07, 6.45) is 0. The predicted octanol–water partition coefficient (Wildman–Crippen LogP) is 2.89. The van der Waals surface area contributed by atoms with E-state index in [9.17, 15) is 4.79 Å². The molecule has 0 saturated carbocycles. The monoisotopic (exact) mass is 228 g/mol. The number of aryl methyl sites for hydroxylation is 2. The molecule has 17 heavy (non-hydrogen) atoms. The number of hydrogen-bond donors (Lipinski definition) is 1. The summed E-state index contributed by atoms with van der Waals surface area (Å²) in [4.78, 5) is 12.1. The Labute approximate surface area is 101 Å². The van der Waals surface area contributed by atoms with Gasteiger partial charge in [0.25, 0.3) is 5.91 Å². The molecule has 88 valence electrons. The molecule has 3 heteroatoms. The third kappa shape index (κ3) is 2.23. The van der Waals surface area contributed by atoms with Gasteiger partial charge in [0.1, 0.15) is 5.69 Å². The zero-order valence-electron chi connectivity index (χ0n) is 10.3. The Hall–Kier alpha value is -2.03. The molecule has 0 aliphatic heterocycles. The van der Waals surface area contributed by atoms with Crippen LogP contribution >= 0.6 is 0 Å². The average Bonchev–Trinajstić information content (AvgIpc) is 2.54. The molecule has 0 radical (unpaired) electrons. The average molecular weight is 228 g/mol. The van der Waals surface area contributed by atoms with Gasteiger partial charge in [-0.2, -0.15) is 0 Å². The van der Waals surface area contributed by atoms with Crippen molar-refractivity contribution in [1.29, 1.82) is 0 Å². The molecule has 3 nitrogen and oxygen atoms in total. The molecule has 1 heterocycles. The zero-order chi connectivity index (χ0) is 12.4. The molecule has 0 aliphatic rings. The molecule has 0 bridgehead atoms. The van der Waals surface area contributed by atoms with E-state index in [1.807, 2.05) is 61.9 Å². The van der Waals surface area contributed by atoms with Gasteiger partial charge in [-0.25, -0.2) is 0 Å². The predicted molar refractivity (Wildman–Crippen MR) is 69.3 cm³/mol. The maximum absolute atomic E-state index is 12.1. The number of nitrogens with zero attached hydrogens (tertiary/aromatic N) is 1. The summed E-state index contributed by atoms with van der Waals surface area (Å²) in [5.74, 6) is -0.0655. The number of rotatable bonds is 2. The summed E-state index contributed by atoms with van der Waals surface area (Å²) in [7, 11) is 1.90. The molecular weight excluding hydrogens is 212 g/mol. The van der Waals surface area contributed by atoms with E-state index in [0.717, 1.165) is 16.9 Å². The van der Waals surface area contributed by atoms with Crippen molar-refractivity contribution < 1.29 is 4.79 Å². The lowest BCUT2D eigenvalue weighted by atomic mass is 10.2. The number of anilines is 1. The lowest BCUT2D eigenvalue weighted by molar-refractivity contribution is 0.101. The van der Waals surface area contributed by atoms with Crippen molar-refractivity contribution >= 4 is 11.6 Å². The van der Waals surface area contributed by atoms with E-state index in [4.69, 9.17) is 0 Å². The minimum Gasteiger partial charge on any atom is -0.344 e. The van der Waals surface area contributed by atoms with Crippen LogP contribution in [0, 0.1) is 13.8 Å². The van der Waals surface area contributed by atoms with Gasteiger partial charge in [-0.1, -0.05) is 18.2 Å². The Balaban J connectivity index is 2.27. The van der Waals surface area contributed by atoms with E-state index in [1.54, 1.807) is 0 Å². The van der Waals surface area contributed by atoms with Gasteiger partial charge >= 0.3 is 0 Å². The van der Waals surface area contributed by atoms with Crippen LogP contribution < -0.4 is 5.32 Å². The minimum atomic E-state index is -0.0655. The van der Waals surface area contributed by atoms with Gasteiger partial charge in [0, 0.05) is 18.4 Å². The van der Waals surface area contributed by atoms with Crippen molar-refractivity contribution in [3.05, 3.63) is 53.3 Å². The molecule has 2 aromatic rings. The number of nitrogens with one attached hydrogen (secondary N) is 1. The third-order valence-electron chi connectivity index (χ3n) is 2.91. The largest absolute Gasteiger partial charge is 0.344 e. The Morgan fingerprint density at radius 3 is 2.35 bits per heavy atom. The summed E-state index contributed by atoms with van der Waals surface area (Å²) >= 11 is 0. The van der Waals surface area contributed by atoms with E-state index >= 15 is 0 Å². The van der Waals surface area contributed by atoms with Gasteiger partial charge in [-0.15, -0.1) is 0 Å². The molecule has 0 unspecified atom stereocenters. The van der Waals surface area contributed by atoms with E-state index in [1.165, 1.54) is 0 Å². The van der Waals surface area contributed by atoms with Crippen LogP contribution in [0.15, 0.2) is 36.4 Å². The molecule has 0 fully saturated rings. The van der Waals surface area contributed by atoms with Crippen molar-refractivity contribution in [3.8, 4) is 0 Å². The number of para-hydroxylation sites is 1. The van der Waals surface area contributed by atoms with Gasteiger partial charge < -0.3 is 9.88 Å². The van der Waals surface area contributed by atoms with Crippen LogP contribution in [0.4, 0.5) is 5.69 Å². The molecular formula is C14H16N2O. The highest BCUT2D eigenvalue weighted by molar-refractivity contribution is 6.04. The highest BCUT2D eigenvalue weighted by Gasteiger charge is 2.14. The second kappa shape index (κ2) is 4.45. The fraction of sp³-hybridized carbons (Fsp3) is 0.214. The van der Waals surface area contributed by atoms with Crippen molar-refractivity contribution in [1.82, 2.24) is 4.57 Å². The summed E-state index contributed by atoms with van der Waals surface area (Å²) < 4.78 is 1.91. The molecule has 1 N–H and O–H groups in total. The Kier molecular flexibility index (Phi) is 3.00. The first-order chi connectivity index (χ1) is 8.09. The van der Waals surface area contributed by atoms with Crippen LogP contribution in [-0.4, -0.2) is 10.5 Å². The molecule has 0 aliphatic carbocycles. The number of aromatic nitrogens is 1. The molecule has 0 spiro atoms. The van der Waals surface area contributed by atoms with Crippen LogP contribution in [0.2, 0.25) is 0 Å². The van der Waals surface area contributed by atoms with Crippen LogP contribution in [0.5, 0.6) is 0 Å². The van der Waals surface area contributed by atoms with E-state index < -0.39 is 0 Å². The Morgan fingerprint density at radius 1 is 1.18 bits per heavy atom. The first-order valence-corrected chi connectivity index (χ1v) is 5.59. The smallest absolute Gasteiger partial charge is 0.272 e. The van der Waals surface area contributed by atoms with E-state index in [0.29, 0.717) is 5.69 Å². The van der Waals surface area contributed by atoms with Crippen LogP contribution in [0.25, 0.3) is 0 Å². The van der Waals surface area contributed by atoms with E-state index in [-0.39, 0.29) is 5.91 Å². The number of benzene rings is 1. The number of amides is 1. The fourth-order valence-corrected chi connectivity index (χ4v) is 1.96. The SMILES string of the molecule is Cc1cc(C)n(C)c1C(=O)Nc1ccccc1. The van der Waals surface area contributed by atoms with Crippen LogP contribution in [0.1, 0.15) is 21.7 Å². The second-order valence-corrected chi connectivity index (χ2v) is 4.20. The van der Waals surface area contributed by atoms with Crippen molar-refractivity contribution in [2.45, 2.75) is 13.8 Å². The number of carbonyl (C=O) groups excluding carboxylic acids is 1. The highest BCUT2D eigenvalue weighted by Crippen LogP contribution is 2.15. The molecule has 1 aromatic heterocycles. The maximum atomic E-state index is 12.1. The summed E-state index contributed by atoms with van der Waals surface area (Å²) in [6, 6.07) is 11.5. The number of carbonyl (C=O) groups is 1. The van der Waals surface area contributed by atoms with Crippen molar-refractivity contribution in [3.63, 3.8) is 0 Å². The lowest BCUT2D eigenvalue weighted by Gasteiger charge is -2.08. The van der Waals surface area contributed by atoms with Gasteiger partial charge in [0.05, 0.1) is 0 Å². The van der Waals surface area contributed by atoms with Crippen molar-refractivity contribution in [2.75, 3.05) is 5.32 Å². The summed E-state index contributed by atoms with van der Waals surface area (Å²) in [5, 5.41) is 2.89. The molecule has 1 amide bonds. The van der Waals surface area contributed by atoms with Crippen LogP contribution in [-0.2, 0) is 7.05 Å². The van der Waals surface area contributed by atoms with E-state index in [2.05, 4.69) is 5.32 Å². The summed E-state index contributed by atoms with van der Waals surface area (Å²) in [5.41, 5.74) is 3.61. The van der Waals surface area contributed by atoms with Crippen LogP contribution in [0.3, 0.4) is 0 Å². The first kappa shape index (κ1) is 11.5. The Bertz CT molecular complexity index is 541.